The second kappa shape index (κ2) is 8.57. The van der Waals surface area contributed by atoms with E-state index in [1.54, 1.807) is 4.90 Å². The van der Waals surface area contributed by atoms with Gasteiger partial charge in [0.15, 0.2) is 0 Å². The number of hydrogen-bond donors (Lipinski definition) is 3. The summed E-state index contributed by atoms with van der Waals surface area (Å²) in [5, 5.41) is 6.81. The van der Waals surface area contributed by atoms with Gasteiger partial charge >= 0.3 is 6.09 Å². The molecule has 1 amide bonds. The third-order valence-corrected chi connectivity index (χ3v) is 6.60. The predicted octanol–water partition coefficient (Wildman–Crippen LogP) is 0.594. The fraction of sp³-hybridized carbons (Fsp3) is 0.944. The molecular formula is C18H31FN4O4. The van der Waals surface area contributed by atoms with Crippen molar-refractivity contribution in [2.45, 2.75) is 50.3 Å². The van der Waals surface area contributed by atoms with Gasteiger partial charge in [-0.25, -0.2) is 9.18 Å². The van der Waals surface area contributed by atoms with Crippen LogP contribution in [0.3, 0.4) is 0 Å². The van der Waals surface area contributed by atoms with E-state index < -0.39 is 6.17 Å². The number of likely N-dealkylation sites (tertiary alicyclic amines) is 1. The van der Waals surface area contributed by atoms with Gasteiger partial charge in [0.2, 0.25) is 0 Å². The number of carbonyl (C=O) groups excluding carboxylic acids is 1. The number of ether oxygens (including phenoxy) is 2. The quantitative estimate of drug-likeness (QED) is 0.655. The van der Waals surface area contributed by atoms with Crippen molar-refractivity contribution < 1.29 is 23.5 Å². The highest BCUT2D eigenvalue weighted by molar-refractivity contribution is 5.67. The van der Waals surface area contributed by atoms with Crippen LogP contribution >= 0.6 is 0 Å². The molecule has 6 atom stereocenters. The van der Waals surface area contributed by atoms with E-state index in [0.717, 1.165) is 38.9 Å². The molecule has 9 heteroatoms. The number of halogens is 1. The molecule has 0 aromatic carbocycles. The third-order valence-electron chi connectivity index (χ3n) is 6.60. The van der Waals surface area contributed by atoms with Crippen LogP contribution in [0.1, 0.15) is 25.7 Å². The van der Waals surface area contributed by atoms with Gasteiger partial charge in [-0.2, -0.15) is 5.48 Å². The Morgan fingerprint density at radius 1 is 1.22 bits per heavy atom. The molecule has 4 aliphatic rings. The van der Waals surface area contributed by atoms with Crippen LogP contribution in [-0.2, 0) is 14.3 Å². The minimum atomic E-state index is -0.928. The van der Waals surface area contributed by atoms with Gasteiger partial charge in [-0.15, -0.1) is 0 Å². The number of amides is 1. The highest BCUT2D eigenvalue weighted by atomic mass is 19.1. The lowest BCUT2D eigenvalue weighted by Gasteiger charge is -2.38. The Bertz CT molecular complexity index is 514. The molecule has 0 aliphatic carbocycles. The number of methoxy groups -OCH3 is 1. The van der Waals surface area contributed by atoms with Gasteiger partial charge in [0, 0.05) is 38.2 Å². The molecule has 4 aliphatic heterocycles. The minimum absolute atomic E-state index is 0.00912. The first-order chi connectivity index (χ1) is 13.2. The SMILES string of the molecule is COC(=O)N1CCC(C2NOC(C3CC(C4CCOC4)NCC3F)N2)CC1. The molecule has 0 radical (unpaired) electrons. The van der Waals surface area contributed by atoms with Gasteiger partial charge in [0.05, 0.1) is 19.9 Å². The van der Waals surface area contributed by atoms with Crippen LogP contribution in [0.5, 0.6) is 0 Å². The Balaban J connectivity index is 1.29. The maximum atomic E-state index is 14.6. The number of nitrogens with one attached hydrogen (secondary N) is 3. The van der Waals surface area contributed by atoms with Crippen molar-refractivity contribution in [1.82, 2.24) is 21.0 Å². The smallest absolute Gasteiger partial charge is 0.409 e. The summed E-state index contributed by atoms with van der Waals surface area (Å²) in [5.41, 5.74) is 3.08. The second-order valence-electron chi connectivity index (χ2n) is 8.15. The van der Waals surface area contributed by atoms with E-state index in [0.29, 0.717) is 31.5 Å². The number of rotatable bonds is 3. The number of hydrogen-bond acceptors (Lipinski definition) is 7. The van der Waals surface area contributed by atoms with Crippen LogP contribution in [0.15, 0.2) is 0 Å². The lowest BCUT2D eigenvalue weighted by Crippen LogP contribution is -2.54. The monoisotopic (exact) mass is 386 g/mol. The van der Waals surface area contributed by atoms with E-state index in [4.69, 9.17) is 14.3 Å². The predicted molar refractivity (Wildman–Crippen MR) is 95.4 cm³/mol. The van der Waals surface area contributed by atoms with Crippen molar-refractivity contribution in [3.8, 4) is 0 Å². The molecule has 8 nitrogen and oxygen atoms in total. The first-order valence-corrected chi connectivity index (χ1v) is 10.1. The minimum Gasteiger partial charge on any atom is -0.453 e. The lowest BCUT2D eigenvalue weighted by molar-refractivity contribution is -0.0511. The van der Waals surface area contributed by atoms with E-state index in [2.05, 4.69) is 16.1 Å². The first-order valence-electron chi connectivity index (χ1n) is 10.1. The van der Waals surface area contributed by atoms with E-state index in [9.17, 15) is 9.18 Å². The lowest BCUT2D eigenvalue weighted by atomic mass is 9.83. The van der Waals surface area contributed by atoms with Gasteiger partial charge in [-0.05, 0) is 37.5 Å². The molecule has 4 fully saturated rings. The molecule has 3 N–H and O–H groups in total. The van der Waals surface area contributed by atoms with Gasteiger partial charge in [0.25, 0.3) is 0 Å². The van der Waals surface area contributed by atoms with Crippen LogP contribution in [-0.4, -0.2) is 75.6 Å². The summed E-state index contributed by atoms with van der Waals surface area (Å²) < 4.78 is 24.9. The van der Waals surface area contributed by atoms with Crippen molar-refractivity contribution in [3.05, 3.63) is 0 Å². The highest BCUT2D eigenvalue weighted by Gasteiger charge is 2.44. The molecule has 27 heavy (non-hydrogen) atoms. The standard InChI is InChI=1S/C18H31FN4O4/c1-25-18(24)23-5-2-11(3-6-23)16-21-17(27-22-16)13-8-15(20-9-14(13)19)12-4-7-26-10-12/h11-17,20-22H,2-10H2,1H3. The summed E-state index contributed by atoms with van der Waals surface area (Å²) in [6, 6.07) is 0.289. The molecular weight excluding hydrogens is 355 g/mol. The summed E-state index contributed by atoms with van der Waals surface area (Å²) in [4.78, 5) is 19.1. The first kappa shape index (κ1) is 19.3. The normalized spacial score (nSPS) is 41.0. The number of alkyl halides is 1. The molecule has 0 saturated carbocycles. The Kier molecular flexibility index (Phi) is 6.13. The van der Waals surface area contributed by atoms with Gasteiger partial charge < -0.3 is 19.7 Å². The number of piperidine rings is 2. The van der Waals surface area contributed by atoms with Crippen LogP contribution in [0.2, 0.25) is 0 Å². The van der Waals surface area contributed by atoms with Gasteiger partial charge in [-0.1, -0.05) is 0 Å². The number of carbonyl (C=O) groups is 1. The molecule has 0 aromatic rings. The zero-order valence-corrected chi connectivity index (χ0v) is 15.9. The Labute approximate surface area is 159 Å². The summed E-state index contributed by atoms with van der Waals surface area (Å²) >= 11 is 0. The van der Waals surface area contributed by atoms with Gasteiger partial charge in [-0.3, -0.25) is 10.2 Å². The van der Waals surface area contributed by atoms with E-state index in [-0.39, 0.29) is 30.4 Å². The fourth-order valence-electron chi connectivity index (χ4n) is 4.86. The van der Waals surface area contributed by atoms with Crippen LogP contribution in [0.25, 0.3) is 0 Å². The molecule has 154 valence electrons. The Morgan fingerprint density at radius 2 is 2.04 bits per heavy atom. The van der Waals surface area contributed by atoms with Crippen LogP contribution in [0.4, 0.5) is 9.18 Å². The summed E-state index contributed by atoms with van der Waals surface area (Å²) in [5.74, 6) is 0.632. The van der Waals surface area contributed by atoms with Crippen LogP contribution < -0.4 is 16.1 Å². The number of nitrogens with zero attached hydrogens (tertiary/aromatic N) is 1. The summed E-state index contributed by atoms with van der Waals surface area (Å²) in [6.07, 6.45) is 1.99. The molecule has 0 spiro atoms. The van der Waals surface area contributed by atoms with Gasteiger partial charge in [0.1, 0.15) is 12.4 Å². The van der Waals surface area contributed by atoms with Crippen molar-refractivity contribution in [1.29, 1.82) is 0 Å². The number of hydroxylamine groups is 1. The zero-order chi connectivity index (χ0) is 18.8. The van der Waals surface area contributed by atoms with Crippen molar-refractivity contribution in [2.75, 3.05) is 40.0 Å². The molecule has 0 aromatic heterocycles. The topological polar surface area (TPSA) is 84.1 Å². The summed E-state index contributed by atoms with van der Waals surface area (Å²) in [7, 11) is 1.41. The molecule has 6 unspecified atom stereocenters. The Morgan fingerprint density at radius 3 is 2.74 bits per heavy atom. The van der Waals surface area contributed by atoms with Crippen molar-refractivity contribution in [2.24, 2.45) is 17.8 Å². The van der Waals surface area contributed by atoms with Crippen LogP contribution in [0, 0.1) is 17.8 Å². The Hall–Kier alpha value is -1.00. The largest absolute Gasteiger partial charge is 0.453 e. The van der Waals surface area contributed by atoms with E-state index in [1.165, 1.54) is 7.11 Å². The average Bonchev–Trinajstić information content (AvgIpc) is 3.40. The fourth-order valence-corrected chi connectivity index (χ4v) is 4.86. The molecule has 4 rings (SSSR count). The third kappa shape index (κ3) is 4.22. The highest BCUT2D eigenvalue weighted by Crippen LogP contribution is 2.32. The maximum Gasteiger partial charge on any atom is 0.409 e. The molecule has 4 saturated heterocycles. The average molecular weight is 386 g/mol. The second-order valence-corrected chi connectivity index (χ2v) is 8.15. The van der Waals surface area contributed by atoms with E-state index in [1.807, 2.05) is 0 Å². The van der Waals surface area contributed by atoms with E-state index >= 15 is 0 Å². The van der Waals surface area contributed by atoms with Crippen molar-refractivity contribution in [3.63, 3.8) is 0 Å². The molecule has 4 heterocycles. The summed E-state index contributed by atoms with van der Waals surface area (Å²) in [6.45, 7) is 3.28. The van der Waals surface area contributed by atoms with Crippen molar-refractivity contribution >= 4 is 6.09 Å². The molecule has 0 bridgehead atoms. The zero-order valence-electron chi connectivity index (χ0n) is 15.9. The maximum absolute atomic E-state index is 14.6.